The molecule has 0 radical (unpaired) electrons. The summed E-state index contributed by atoms with van der Waals surface area (Å²) in [4.78, 5) is 0. The van der Waals surface area contributed by atoms with Crippen LogP contribution in [0.5, 0.6) is 34.5 Å². The van der Waals surface area contributed by atoms with Crippen LogP contribution in [0.15, 0.2) is 152 Å². The Morgan fingerprint density at radius 3 is 1.71 bits per heavy atom. The molecular weight excluding hydrogens is 777 g/mol. The number of hydrogen-bond acceptors (Lipinski definition) is 5. The predicted octanol–water partition coefficient (Wildman–Crippen LogP) is 14.3. The standard InChI is InChI=1S/C58H54O5/c1-37-34-56(2,3)36-58(35-37)52-11-9-8-10-48(52)54-51-33-53(63-45-26-24-44(62-7)25-27-45)49(38-12-18-41(59-4)19-13-38)32-50(51)46-28-30-57(31-29-47(46)55(54)58,39-14-20-42(60-5)21-15-39)40-16-22-43(61-6)23-17-40/h8-27,29,31-33H,1,28,30,34-36H2,2-7H3. The molecule has 10 rings (SSSR count). The molecule has 1 spiro atoms. The van der Waals surface area contributed by atoms with Crippen molar-refractivity contribution in [2.24, 2.45) is 5.41 Å². The predicted molar refractivity (Wildman–Crippen MR) is 256 cm³/mol. The van der Waals surface area contributed by atoms with E-state index in [0.717, 1.165) is 77.7 Å². The number of methoxy groups -OCH3 is 4. The molecule has 7 aromatic rings. The average molecular weight is 831 g/mol. The average Bonchev–Trinajstić information content (AvgIpc) is 3.41. The van der Waals surface area contributed by atoms with Gasteiger partial charge in [-0.15, -0.1) is 0 Å². The first-order chi connectivity index (χ1) is 30.6. The van der Waals surface area contributed by atoms with Crippen LogP contribution in [0.4, 0.5) is 0 Å². The van der Waals surface area contributed by atoms with Crippen LogP contribution in [-0.2, 0) is 17.3 Å². The van der Waals surface area contributed by atoms with E-state index in [-0.39, 0.29) is 10.8 Å². The molecule has 1 unspecified atom stereocenters. The number of benzene rings is 7. The van der Waals surface area contributed by atoms with Crippen LogP contribution in [0.3, 0.4) is 0 Å². The normalized spacial score (nSPS) is 18.0. The summed E-state index contributed by atoms with van der Waals surface area (Å²) < 4.78 is 29.5. The molecule has 7 aromatic carbocycles. The molecule has 0 aromatic heterocycles. The smallest absolute Gasteiger partial charge is 0.135 e. The summed E-state index contributed by atoms with van der Waals surface area (Å²) in [5.74, 6) is 4.80. The van der Waals surface area contributed by atoms with Crippen LogP contribution in [0.2, 0.25) is 0 Å². The SMILES string of the molecule is C=C1CC(C)(C)CC2(C1)c1ccccc1-c1c2c2c(c3cc(-c4ccc(OC)cc4)c(Oc4ccc(OC)cc4)cc13)CCC(c1ccc(OC)cc1)(c1ccc(OC)cc1)C=C2. The maximum atomic E-state index is 6.98. The first-order valence-electron chi connectivity index (χ1n) is 22.0. The maximum absolute atomic E-state index is 6.98. The van der Waals surface area contributed by atoms with Gasteiger partial charge in [0.15, 0.2) is 0 Å². The van der Waals surface area contributed by atoms with E-state index in [0.29, 0.717) is 0 Å². The van der Waals surface area contributed by atoms with Crippen molar-refractivity contribution in [2.45, 2.75) is 56.8 Å². The van der Waals surface area contributed by atoms with Gasteiger partial charge < -0.3 is 23.7 Å². The molecule has 5 nitrogen and oxygen atoms in total. The van der Waals surface area contributed by atoms with Crippen LogP contribution in [0, 0.1) is 5.41 Å². The molecule has 0 aliphatic heterocycles. The van der Waals surface area contributed by atoms with Gasteiger partial charge in [0, 0.05) is 16.4 Å². The van der Waals surface area contributed by atoms with Crippen molar-refractivity contribution in [3.8, 4) is 56.8 Å². The molecule has 1 atom stereocenters. The Balaban J connectivity index is 1.29. The fraction of sp³-hybridized carbons (Fsp3) is 0.241. The summed E-state index contributed by atoms with van der Waals surface area (Å²) >= 11 is 0. The van der Waals surface area contributed by atoms with Gasteiger partial charge in [-0.3, -0.25) is 0 Å². The molecule has 5 heteroatoms. The molecule has 0 bridgehead atoms. The Bertz CT molecular complexity index is 2860. The van der Waals surface area contributed by atoms with E-state index < -0.39 is 5.41 Å². The second-order valence-electron chi connectivity index (χ2n) is 18.4. The number of aryl methyl sites for hydroxylation is 1. The van der Waals surface area contributed by atoms with E-state index >= 15 is 0 Å². The topological polar surface area (TPSA) is 46.2 Å². The first-order valence-corrected chi connectivity index (χ1v) is 22.0. The lowest BCUT2D eigenvalue weighted by Crippen LogP contribution is -2.37. The molecule has 316 valence electrons. The molecule has 3 aliphatic carbocycles. The van der Waals surface area contributed by atoms with E-state index in [4.69, 9.17) is 30.3 Å². The zero-order chi connectivity index (χ0) is 43.5. The van der Waals surface area contributed by atoms with Crippen LogP contribution in [-0.4, -0.2) is 28.4 Å². The van der Waals surface area contributed by atoms with Crippen molar-refractivity contribution in [2.75, 3.05) is 28.4 Å². The lowest BCUT2D eigenvalue weighted by atomic mass is 9.57. The quantitative estimate of drug-likeness (QED) is 0.136. The largest absolute Gasteiger partial charge is 0.497 e. The zero-order valence-corrected chi connectivity index (χ0v) is 37.1. The van der Waals surface area contributed by atoms with Gasteiger partial charge in [0.05, 0.1) is 28.4 Å². The summed E-state index contributed by atoms with van der Waals surface area (Å²) in [5.41, 5.74) is 13.3. The molecule has 1 saturated carbocycles. The van der Waals surface area contributed by atoms with Gasteiger partial charge in [0.2, 0.25) is 0 Å². The summed E-state index contributed by atoms with van der Waals surface area (Å²) in [6.07, 6.45) is 9.62. The van der Waals surface area contributed by atoms with E-state index in [9.17, 15) is 0 Å². The summed E-state index contributed by atoms with van der Waals surface area (Å²) in [5, 5.41) is 2.44. The fourth-order valence-electron chi connectivity index (χ4n) is 11.5. The second-order valence-corrected chi connectivity index (χ2v) is 18.4. The van der Waals surface area contributed by atoms with E-state index in [1.54, 1.807) is 28.4 Å². The third-order valence-electron chi connectivity index (χ3n) is 14.0. The van der Waals surface area contributed by atoms with Crippen LogP contribution in [0.25, 0.3) is 39.1 Å². The molecule has 0 N–H and O–H groups in total. The first kappa shape index (κ1) is 40.4. The minimum absolute atomic E-state index is 0.0527. The van der Waals surface area contributed by atoms with Gasteiger partial charge in [0.1, 0.15) is 34.5 Å². The van der Waals surface area contributed by atoms with Crippen molar-refractivity contribution < 1.29 is 23.7 Å². The van der Waals surface area contributed by atoms with Gasteiger partial charge >= 0.3 is 0 Å². The Labute approximate surface area is 371 Å². The van der Waals surface area contributed by atoms with E-state index in [1.807, 2.05) is 36.4 Å². The minimum atomic E-state index is -0.443. The van der Waals surface area contributed by atoms with Crippen molar-refractivity contribution in [3.63, 3.8) is 0 Å². The highest BCUT2D eigenvalue weighted by Gasteiger charge is 2.51. The highest BCUT2D eigenvalue weighted by Crippen LogP contribution is 2.64. The molecule has 0 saturated heterocycles. The van der Waals surface area contributed by atoms with Gasteiger partial charge in [-0.25, -0.2) is 0 Å². The lowest BCUT2D eigenvalue weighted by molar-refractivity contribution is 0.218. The number of rotatable bonds is 9. The van der Waals surface area contributed by atoms with Crippen molar-refractivity contribution in [1.82, 2.24) is 0 Å². The third kappa shape index (κ3) is 6.77. The van der Waals surface area contributed by atoms with E-state index in [2.05, 4.69) is 123 Å². The van der Waals surface area contributed by atoms with Crippen LogP contribution < -0.4 is 23.7 Å². The van der Waals surface area contributed by atoms with Gasteiger partial charge in [-0.05, 0) is 171 Å². The molecule has 0 heterocycles. The van der Waals surface area contributed by atoms with E-state index in [1.165, 1.54) is 60.9 Å². The van der Waals surface area contributed by atoms with Crippen molar-refractivity contribution in [3.05, 3.63) is 185 Å². The monoisotopic (exact) mass is 830 g/mol. The number of fused-ring (bicyclic) bond motifs is 10. The summed E-state index contributed by atoms with van der Waals surface area (Å²) in [7, 11) is 6.85. The summed E-state index contributed by atoms with van der Waals surface area (Å²) in [6.45, 7) is 9.60. The Morgan fingerprint density at radius 2 is 1.13 bits per heavy atom. The lowest BCUT2D eigenvalue weighted by Gasteiger charge is -2.46. The molecule has 0 amide bonds. The highest BCUT2D eigenvalue weighted by atomic mass is 16.5. The second kappa shape index (κ2) is 15.6. The third-order valence-corrected chi connectivity index (χ3v) is 14.0. The number of ether oxygens (including phenoxy) is 5. The Kier molecular flexibility index (Phi) is 9.97. The molecule has 63 heavy (non-hydrogen) atoms. The van der Waals surface area contributed by atoms with Gasteiger partial charge in [-0.1, -0.05) is 98.8 Å². The molecular formula is C58H54O5. The van der Waals surface area contributed by atoms with Crippen LogP contribution >= 0.6 is 0 Å². The number of allylic oxidation sites excluding steroid dienone is 2. The summed E-state index contributed by atoms with van der Waals surface area (Å²) in [6, 6.07) is 47.4. The Morgan fingerprint density at radius 1 is 0.571 bits per heavy atom. The highest BCUT2D eigenvalue weighted by molar-refractivity contribution is 6.09. The maximum Gasteiger partial charge on any atom is 0.135 e. The van der Waals surface area contributed by atoms with Crippen molar-refractivity contribution >= 4 is 16.8 Å². The fourth-order valence-corrected chi connectivity index (χ4v) is 11.5. The molecule has 3 aliphatic rings. The molecule has 1 fully saturated rings. The van der Waals surface area contributed by atoms with Crippen molar-refractivity contribution in [1.29, 1.82) is 0 Å². The Hall–Kier alpha value is -6.72. The zero-order valence-electron chi connectivity index (χ0n) is 37.1. The number of hydrogen-bond donors (Lipinski definition) is 0. The van der Waals surface area contributed by atoms with Gasteiger partial charge in [0.25, 0.3) is 0 Å². The minimum Gasteiger partial charge on any atom is -0.497 e. The van der Waals surface area contributed by atoms with Crippen LogP contribution in [0.1, 0.15) is 72.9 Å². The van der Waals surface area contributed by atoms with Gasteiger partial charge in [-0.2, -0.15) is 0 Å².